The molecular weight excluding hydrogens is 292 g/mol. The van der Waals surface area contributed by atoms with Gasteiger partial charge in [0.15, 0.2) is 0 Å². The quantitative estimate of drug-likeness (QED) is 0.853. The number of hydrogen-bond donors (Lipinski definition) is 2. The minimum absolute atomic E-state index is 0.0832. The number of aromatic nitrogens is 1. The van der Waals surface area contributed by atoms with Crippen LogP contribution in [0, 0.1) is 5.41 Å². The van der Waals surface area contributed by atoms with Crippen LogP contribution in [0.3, 0.4) is 0 Å². The first-order valence-electron chi connectivity index (χ1n) is 6.35. The van der Waals surface area contributed by atoms with Crippen LogP contribution in [0.4, 0.5) is 0 Å². The van der Waals surface area contributed by atoms with Gasteiger partial charge in [0.05, 0.1) is 23.8 Å². The minimum Gasteiger partial charge on any atom is -0.481 e. The van der Waals surface area contributed by atoms with E-state index in [2.05, 4.69) is 10.3 Å². The Balaban J connectivity index is 1.90. The molecule has 2 aromatic heterocycles. The number of carbonyl (C=O) groups is 2. The fourth-order valence-corrected chi connectivity index (χ4v) is 2.33. The molecule has 2 rings (SSSR count). The normalized spacial score (nSPS) is 11.3. The molecule has 2 heterocycles. The molecule has 21 heavy (non-hydrogen) atoms. The molecule has 0 atom stereocenters. The van der Waals surface area contributed by atoms with Crippen LogP contribution in [0.25, 0.3) is 10.6 Å². The average molecular weight is 308 g/mol. The summed E-state index contributed by atoms with van der Waals surface area (Å²) in [5, 5.41) is 14.2. The summed E-state index contributed by atoms with van der Waals surface area (Å²) in [6.07, 6.45) is 3.29. The average Bonchev–Trinajstić information content (AvgIpc) is 3.06. The van der Waals surface area contributed by atoms with E-state index in [1.54, 1.807) is 32.4 Å². The van der Waals surface area contributed by atoms with Crippen molar-refractivity contribution < 1.29 is 19.1 Å². The lowest BCUT2D eigenvalue weighted by atomic mass is 9.94. The number of nitrogens with zero attached hydrogens (tertiary/aromatic N) is 1. The fraction of sp³-hybridized carbons (Fsp3) is 0.357. The van der Waals surface area contributed by atoms with Crippen molar-refractivity contribution in [2.45, 2.75) is 20.3 Å². The summed E-state index contributed by atoms with van der Waals surface area (Å²) < 4.78 is 4.99. The zero-order valence-electron chi connectivity index (χ0n) is 11.8. The van der Waals surface area contributed by atoms with Crippen molar-refractivity contribution >= 4 is 23.2 Å². The highest BCUT2D eigenvalue weighted by molar-refractivity contribution is 7.13. The molecule has 0 bridgehead atoms. The molecule has 2 aromatic rings. The summed E-state index contributed by atoms with van der Waals surface area (Å²) in [4.78, 5) is 27.1. The molecule has 0 aliphatic rings. The Labute approximate surface area is 125 Å². The van der Waals surface area contributed by atoms with E-state index in [0.29, 0.717) is 5.69 Å². The summed E-state index contributed by atoms with van der Waals surface area (Å²) in [5.74, 6) is -1.19. The predicted octanol–water partition coefficient (Wildman–Crippen LogP) is 2.17. The van der Waals surface area contributed by atoms with Gasteiger partial charge in [0, 0.05) is 17.5 Å². The third-order valence-corrected chi connectivity index (χ3v) is 3.91. The van der Waals surface area contributed by atoms with E-state index in [1.165, 1.54) is 11.3 Å². The van der Waals surface area contributed by atoms with Gasteiger partial charge in [-0.3, -0.25) is 9.59 Å². The molecular formula is C14H16N2O4S. The highest BCUT2D eigenvalue weighted by atomic mass is 32.1. The second-order valence-electron chi connectivity index (χ2n) is 5.30. The van der Waals surface area contributed by atoms with Crippen molar-refractivity contribution in [2.24, 2.45) is 5.41 Å². The molecule has 0 fully saturated rings. The number of rotatable bonds is 6. The topological polar surface area (TPSA) is 92.4 Å². The molecule has 0 unspecified atom stereocenters. The Morgan fingerprint density at radius 2 is 2.24 bits per heavy atom. The second-order valence-corrected chi connectivity index (χ2v) is 6.16. The predicted molar refractivity (Wildman–Crippen MR) is 77.9 cm³/mol. The lowest BCUT2D eigenvalue weighted by molar-refractivity contribution is -0.146. The molecule has 6 nitrogen and oxygen atoms in total. The van der Waals surface area contributed by atoms with Crippen molar-refractivity contribution in [3.05, 3.63) is 29.7 Å². The number of amides is 1. The molecule has 112 valence electrons. The fourth-order valence-electron chi connectivity index (χ4n) is 1.53. The maximum atomic E-state index is 11.8. The summed E-state index contributed by atoms with van der Waals surface area (Å²) in [6, 6.07) is 1.80. The Morgan fingerprint density at radius 3 is 2.86 bits per heavy atom. The van der Waals surface area contributed by atoms with E-state index < -0.39 is 11.4 Å². The molecule has 7 heteroatoms. The van der Waals surface area contributed by atoms with Crippen molar-refractivity contribution in [1.82, 2.24) is 10.3 Å². The van der Waals surface area contributed by atoms with Crippen molar-refractivity contribution in [1.29, 1.82) is 0 Å². The number of thiazole rings is 1. The van der Waals surface area contributed by atoms with Gasteiger partial charge in [0.1, 0.15) is 11.3 Å². The highest BCUT2D eigenvalue weighted by Gasteiger charge is 2.27. The van der Waals surface area contributed by atoms with Gasteiger partial charge in [-0.05, 0) is 19.9 Å². The van der Waals surface area contributed by atoms with Gasteiger partial charge in [0.25, 0.3) is 0 Å². The summed E-state index contributed by atoms with van der Waals surface area (Å²) in [6.45, 7) is 3.21. The largest absolute Gasteiger partial charge is 0.481 e. The molecule has 0 saturated carbocycles. The van der Waals surface area contributed by atoms with E-state index in [4.69, 9.17) is 9.52 Å². The standard InChI is InChI=1S/C14H16N2O4S/c1-14(2,13(18)19)8-15-11(17)5-10-7-21-12(16-10)9-3-4-20-6-9/h3-4,6-7H,5,8H2,1-2H3,(H,15,17)(H,18,19). The van der Waals surface area contributed by atoms with Gasteiger partial charge in [-0.1, -0.05) is 0 Å². The van der Waals surface area contributed by atoms with E-state index in [0.717, 1.165) is 10.6 Å². The Hall–Kier alpha value is -2.15. The Kier molecular flexibility index (Phi) is 4.42. The number of carboxylic acid groups (broad SMARTS) is 1. The number of furan rings is 1. The lowest BCUT2D eigenvalue weighted by Crippen LogP contribution is -2.39. The van der Waals surface area contributed by atoms with Crippen LogP contribution < -0.4 is 5.32 Å². The molecule has 2 N–H and O–H groups in total. The third-order valence-electron chi connectivity index (χ3n) is 2.97. The third kappa shape index (κ3) is 3.91. The van der Waals surface area contributed by atoms with Crippen LogP contribution in [0.15, 0.2) is 28.4 Å². The van der Waals surface area contributed by atoms with E-state index in [1.807, 2.05) is 5.38 Å². The lowest BCUT2D eigenvalue weighted by Gasteiger charge is -2.19. The molecule has 0 aliphatic carbocycles. The molecule has 0 radical (unpaired) electrons. The Morgan fingerprint density at radius 1 is 1.48 bits per heavy atom. The molecule has 0 saturated heterocycles. The molecule has 0 aromatic carbocycles. The molecule has 1 amide bonds. The maximum absolute atomic E-state index is 11.8. The number of aliphatic carboxylic acids is 1. The van der Waals surface area contributed by atoms with Crippen LogP contribution in [0.5, 0.6) is 0 Å². The maximum Gasteiger partial charge on any atom is 0.310 e. The first-order valence-corrected chi connectivity index (χ1v) is 7.23. The van der Waals surface area contributed by atoms with E-state index >= 15 is 0 Å². The zero-order chi connectivity index (χ0) is 15.5. The van der Waals surface area contributed by atoms with Gasteiger partial charge >= 0.3 is 5.97 Å². The number of carboxylic acids is 1. The first-order chi connectivity index (χ1) is 9.88. The monoisotopic (exact) mass is 308 g/mol. The first kappa shape index (κ1) is 15.2. The van der Waals surface area contributed by atoms with Crippen LogP contribution in [0.2, 0.25) is 0 Å². The van der Waals surface area contributed by atoms with Crippen molar-refractivity contribution in [3.63, 3.8) is 0 Å². The number of hydrogen-bond acceptors (Lipinski definition) is 5. The summed E-state index contributed by atoms with van der Waals surface area (Å²) >= 11 is 1.43. The van der Waals surface area contributed by atoms with Crippen LogP contribution in [0.1, 0.15) is 19.5 Å². The van der Waals surface area contributed by atoms with Gasteiger partial charge in [0.2, 0.25) is 5.91 Å². The van der Waals surface area contributed by atoms with Crippen molar-refractivity contribution in [3.8, 4) is 10.6 Å². The number of nitrogens with one attached hydrogen (secondary N) is 1. The number of carbonyl (C=O) groups excluding carboxylic acids is 1. The Bertz CT molecular complexity index is 631. The van der Waals surface area contributed by atoms with Crippen molar-refractivity contribution in [2.75, 3.05) is 6.54 Å². The molecule has 0 aliphatic heterocycles. The van der Waals surface area contributed by atoms with Gasteiger partial charge < -0.3 is 14.8 Å². The van der Waals surface area contributed by atoms with E-state index in [-0.39, 0.29) is 18.9 Å². The second kappa shape index (κ2) is 6.09. The highest BCUT2D eigenvalue weighted by Crippen LogP contribution is 2.24. The van der Waals surface area contributed by atoms with Crippen LogP contribution in [-0.2, 0) is 16.0 Å². The van der Waals surface area contributed by atoms with Crippen LogP contribution in [-0.4, -0.2) is 28.5 Å². The van der Waals surface area contributed by atoms with Gasteiger partial charge in [-0.15, -0.1) is 11.3 Å². The smallest absolute Gasteiger partial charge is 0.310 e. The minimum atomic E-state index is -0.986. The van der Waals surface area contributed by atoms with E-state index in [9.17, 15) is 9.59 Å². The molecule has 0 spiro atoms. The van der Waals surface area contributed by atoms with Gasteiger partial charge in [-0.2, -0.15) is 0 Å². The summed E-state index contributed by atoms with van der Waals surface area (Å²) in [5.41, 5.74) is 0.542. The summed E-state index contributed by atoms with van der Waals surface area (Å²) in [7, 11) is 0. The SMILES string of the molecule is CC(C)(CNC(=O)Cc1csc(-c2ccoc2)n1)C(=O)O. The zero-order valence-corrected chi connectivity index (χ0v) is 12.6. The van der Waals surface area contributed by atoms with Crippen LogP contribution >= 0.6 is 11.3 Å². The van der Waals surface area contributed by atoms with Gasteiger partial charge in [-0.25, -0.2) is 4.98 Å².